The molecule has 2 heteroatoms. The molecule has 0 atom stereocenters. The van der Waals surface area contributed by atoms with Gasteiger partial charge in [0, 0.05) is 0 Å². The number of nitrogens with zero attached hydrogens (tertiary/aromatic N) is 1. The molecule has 1 aromatic heterocycles. The monoisotopic (exact) mass is 135 g/mol. The van der Waals surface area contributed by atoms with Gasteiger partial charge in [-0.15, -0.1) is 0 Å². The van der Waals surface area contributed by atoms with Gasteiger partial charge in [0.05, 0.1) is 0 Å². The Hall–Kier alpha value is -0.773. The van der Waals surface area contributed by atoms with Crippen LogP contribution in [0.5, 0.6) is 0 Å². The second-order valence-electron chi connectivity index (χ2n) is 2.62. The Bertz CT molecular complexity index is 379. The fraction of sp³-hybridized carbons (Fsp3) is 0. The first-order valence-electron chi connectivity index (χ1n) is 3.68. The van der Waals surface area contributed by atoms with E-state index in [0.29, 0.717) is 0 Å². The first-order valence-corrected chi connectivity index (χ1v) is 3.68. The van der Waals surface area contributed by atoms with Crippen LogP contribution in [0.25, 0.3) is 10.8 Å². The van der Waals surface area contributed by atoms with E-state index in [2.05, 4.69) is 17.1 Å². The normalized spacial score (nSPS) is 10.4. The molecule has 0 aliphatic heterocycles. The molecular weight excluding hydrogens is 129 g/mol. The summed E-state index contributed by atoms with van der Waals surface area (Å²) in [5.41, 5.74) is 0. The van der Waals surface area contributed by atoms with Gasteiger partial charge in [-0.1, -0.05) is 0 Å². The van der Waals surface area contributed by atoms with Crippen molar-refractivity contribution in [3.8, 4) is 0 Å². The van der Waals surface area contributed by atoms with E-state index >= 15 is 0 Å². The summed E-state index contributed by atoms with van der Waals surface area (Å²) in [7, 11) is 0. The molecule has 2 rings (SSSR count). The van der Waals surface area contributed by atoms with E-state index in [0.717, 1.165) is 4.37 Å². The number of hydrogen-bond acceptors (Lipinski definition) is 1. The van der Waals surface area contributed by atoms with Crippen LogP contribution in [0.4, 0.5) is 0 Å². The van der Waals surface area contributed by atoms with Gasteiger partial charge in [0.25, 0.3) is 0 Å². The summed E-state index contributed by atoms with van der Waals surface area (Å²) in [5.74, 6) is 0. The Labute approximate surface area is 74.7 Å². The van der Waals surface area contributed by atoms with E-state index in [1.54, 1.807) is 0 Å². The van der Waals surface area contributed by atoms with Crippen molar-refractivity contribution in [2.45, 2.75) is 0 Å². The fourth-order valence-electron chi connectivity index (χ4n) is 1.27. The molecule has 0 aliphatic carbocycles. The van der Waals surface area contributed by atoms with E-state index in [1.807, 2.05) is 42.1 Å². The Kier molecular flexibility index (Phi) is 1.69. The zero-order valence-corrected chi connectivity index (χ0v) is 6.41. The second kappa shape index (κ2) is 2.69. The number of rotatable bonds is 0. The van der Waals surface area contributed by atoms with Crippen LogP contribution in [0, 0.1) is 0 Å². The van der Waals surface area contributed by atoms with E-state index < -0.39 is 0 Å². The third kappa shape index (κ3) is 1.18. The molecule has 0 fully saturated rings. The van der Waals surface area contributed by atoms with Gasteiger partial charge in [-0.25, -0.2) is 0 Å². The number of benzene rings is 1. The zero-order valence-electron chi connectivity index (χ0n) is 6.41. The van der Waals surface area contributed by atoms with E-state index in [-0.39, 0.29) is 0 Å². The standard InChI is InChI=1S/C9H6N.Li/c1-2-4-9-7-10-6-5-8(9)3-1;/h1-6H;. The van der Waals surface area contributed by atoms with Crippen LogP contribution in [0.3, 0.4) is 0 Å². The summed E-state index contributed by atoms with van der Waals surface area (Å²) in [4.78, 5) is 4.21. The van der Waals surface area contributed by atoms with Crippen molar-refractivity contribution in [3.05, 3.63) is 36.5 Å². The Balaban J connectivity index is 2.91. The third-order valence-electron chi connectivity index (χ3n) is 1.87. The van der Waals surface area contributed by atoms with Crippen LogP contribution in [0.15, 0.2) is 36.5 Å². The molecular formula is C9H6LiN. The molecule has 48 valence electrons. The summed E-state index contributed by atoms with van der Waals surface area (Å²) < 4.78 is 1.10. The molecule has 0 unspecified atom stereocenters. The quantitative estimate of drug-likeness (QED) is 0.491. The van der Waals surface area contributed by atoms with Crippen molar-refractivity contribution in [2.24, 2.45) is 0 Å². The maximum atomic E-state index is 4.21. The number of pyridine rings is 1. The minimum atomic E-state index is 1.10. The van der Waals surface area contributed by atoms with Crippen LogP contribution < -0.4 is 4.37 Å². The molecule has 0 N–H and O–H groups in total. The molecule has 0 radical (unpaired) electrons. The third-order valence-corrected chi connectivity index (χ3v) is 1.87. The van der Waals surface area contributed by atoms with Crippen molar-refractivity contribution in [3.63, 3.8) is 0 Å². The average Bonchev–Trinajstić information content (AvgIpc) is 2.06. The van der Waals surface area contributed by atoms with E-state index in [9.17, 15) is 0 Å². The van der Waals surface area contributed by atoms with Gasteiger partial charge in [0.2, 0.25) is 0 Å². The molecule has 0 bridgehead atoms. The first kappa shape index (κ1) is 6.91. The topological polar surface area (TPSA) is 12.9 Å². The summed E-state index contributed by atoms with van der Waals surface area (Å²) in [6.07, 6.45) is 1.84. The molecule has 1 nitrogen and oxygen atoms in total. The molecule has 1 heterocycles. The van der Waals surface area contributed by atoms with Crippen molar-refractivity contribution >= 4 is 32.9 Å². The summed E-state index contributed by atoms with van der Waals surface area (Å²) >= 11 is 2.03. The van der Waals surface area contributed by atoms with E-state index in [4.69, 9.17) is 0 Å². The molecule has 1 aromatic carbocycles. The molecule has 0 aliphatic rings. The fourth-order valence-corrected chi connectivity index (χ4v) is 1.27. The van der Waals surface area contributed by atoms with Crippen molar-refractivity contribution < 1.29 is 0 Å². The van der Waals surface area contributed by atoms with Gasteiger partial charge < -0.3 is 0 Å². The van der Waals surface area contributed by atoms with Gasteiger partial charge in [-0.3, -0.25) is 0 Å². The second-order valence-corrected chi connectivity index (χ2v) is 2.62. The predicted octanol–water partition coefficient (Wildman–Crippen LogP) is 1.03. The Morgan fingerprint density at radius 2 is 1.91 bits per heavy atom. The molecule has 0 saturated heterocycles. The van der Waals surface area contributed by atoms with E-state index in [1.165, 1.54) is 10.8 Å². The van der Waals surface area contributed by atoms with Crippen LogP contribution >= 0.6 is 0 Å². The SMILES string of the molecule is [Li][c]1nccc2ccccc12. The summed E-state index contributed by atoms with van der Waals surface area (Å²) in [6, 6.07) is 10.3. The number of hydrogen-bond donors (Lipinski definition) is 0. The Morgan fingerprint density at radius 1 is 1.09 bits per heavy atom. The van der Waals surface area contributed by atoms with Crippen LogP contribution in [-0.2, 0) is 0 Å². The summed E-state index contributed by atoms with van der Waals surface area (Å²) in [5, 5.41) is 2.51. The molecule has 11 heavy (non-hydrogen) atoms. The van der Waals surface area contributed by atoms with Gasteiger partial charge in [-0.05, 0) is 0 Å². The minimum absolute atomic E-state index is 1.10. The van der Waals surface area contributed by atoms with Crippen molar-refractivity contribution in [2.75, 3.05) is 0 Å². The predicted molar refractivity (Wildman–Crippen MR) is 47.1 cm³/mol. The van der Waals surface area contributed by atoms with Gasteiger partial charge >= 0.3 is 74.4 Å². The van der Waals surface area contributed by atoms with Crippen molar-refractivity contribution in [1.82, 2.24) is 4.98 Å². The number of aromatic nitrogens is 1. The average molecular weight is 135 g/mol. The van der Waals surface area contributed by atoms with Crippen LogP contribution in [0.2, 0.25) is 0 Å². The van der Waals surface area contributed by atoms with Crippen LogP contribution in [0.1, 0.15) is 0 Å². The van der Waals surface area contributed by atoms with Gasteiger partial charge in [0.1, 0.15) is 0 Å². The molecule has 2 aromatic rings. The Morgan fingerprint density at radius 3 is 2.73 bits per heavy atom. The number of fused-ring (bicyclic) bond motifs is 1. The maximum absolute atomic E-state index is 4.21. The van der Waals surface area contributed by atoms with Gasteiger partial charge in [0.15, 0.2) is 0 Å². The van der Waals surface area contributed by atoms with Gasteiger partial charge in [-0.2, -0.15) is 0 Å². The van der Waals surface area contributed by atoms with Crippen molar-refractivity contribution in [1.29, 1.82) is 0 Å². The zero-order chi connectivity index (χ0) is 7.68. The summed E-state index contributed by atoms with van der Waals surface area (Å²) in [6.45, 7) is 0. The first-order chi connectivity index (χ1) is 5.38. The molecule has 0 spiro atoms. The molecule has 0 saturated carbocycles. The van der Waals surface area contributed by atoms with Crippen LogP contribution in [-0.4, -0.2) is 22.7 Å². The molecule has 0 amide bonds.